The zero-order valence-corrected chi connectivity index (χ0v) is 12.5. The Hall–Kier alpha value is -1.11. The first-order chi connectivity index (χ1) is 9.57. The van der Waals surface area contributed by atoms with Gasteiger partial charge in [0.15, 0.2) is 0 Å². The lowest BCUT2D eigenvalue weighted by atomic mass is 10.2. The van der Waals surface area contributed by atoms with Gasteiger partial charge in [-0.2, -0.15) is 0 Å². The van der Waals surface area contributed by atoms with Gasteiger partial charge in [-0.25, -0.2) is 13.6 Å². The standard InChI is InChI=1S/C14H23N3O2S/c15-20(18,19)14-8-4-3-7-13(14)16-9-12-17-10-5-1-2-6-11-17/h3-4,7-8,16H,1-2,5-6,9-12H2,(H2,15,18,19). The molecular weight excluding hydrogens is 274 g/mol. The van der Waals surface area contributed by atoms with E-state index >= 15 is 0 Å². The van der Waals surface area contributed by atoms with Gasteiger partial charge in [0, 0.05) is 13.1 Å². The van der Waals surface area contributed by atoms with Gasteiger partial charge in [-0.3, -0.25) is 0 Å². The Bertz CT molecular complexity index is 523. The highest BCUT2D eigenvalue weighted by Gasteiger charge is 2.13. The van der Waals surface area contributed by atoms with Crippen molar-refractivity contribution in [1.82, 2.24) is 4.90 Å². The van der Waals surface area contributed by atoms with Crippen LogP contribution < -0.4 is 10.5 Å². The predicted octanol–water partition coefficient (Wildman–Crippen LogP) is 1.62. The summed E-state index contributed by atoms with van der Waals surface area (Å²) in [5, 5.41) is 8.40. The van der Waals surface area contributed by atoms with E-state index in [1.54, 1.807) is 12.1 Å². The molecule has 2 rings (SSSR count). The van der Waals surface area contributed by atoms with Crippen molar-refractivity contribution < 1.29 is 8.42 Å². The molecule has 1 aromatic rings. The highest BCUT2D eigenvalue weighted by Crippen LogP contribution is 2.19. The Morgan fingerprint density at radius 3 is 2.40 bits per heavy atom. The van der Waals surface area contributed by atoms with Gasteiger partial charge in [0.25, 0.3) is 0 Å². The Balaban J connectivity index is 1.91. The fraction of sp³-hybridized carbons (Fsp3) is 0.571. The van der Waals surface area contributed by atoms with Crippen LogP contribution in [-0.2, 0) is 10.0 Å². The second-order valence-electron chi connectivity index (χ2n) is 5.22. The molecule has 5 nitrogen and oxygen atoms in total. The molecule has 6 heteroatoms. The van der Waals surface area contributed by atoms with E-state index in [4.69, 9.17) is 5.14 Å². The summed E-state index contributed by atoms with van der Waals surface area (Å²) in [7, 11) is -3.67. The number of nitrogens with one attached hydrogen (secondary N) is 1. The van der Waals surface area contributed by atoms with Gasteiger partial charge >= 0.3 is 0 Å². The van der Waals surface area contributed by atoms with Crippen LogP contribution in [0.2, 0.25) is 0 Å². The van der Waals surface area contributed by atoms with E-state index < -0.39 is 10.0 Å². The van der Waals surface area contributed by atoms with Gasteiger partial charge in [0.05, 0.1) is 5.69 Å². The van der Waals surface area contributed by atoms with Crippen molar-refractivity contribution in [3.63, 3.8) is 0 Å². The molecule has 0 amide bonds. The third-order valence-corrected chi connectivity index (χ3v) is 4.60. The molecule has 3 N–H and O–H groups in total. The molecule has 0 unspecified atom stereocenters. The smallest absolute Gasteiger partial charge is 0.240 e. The largest absolute Gasteiger partial charge is 0.383 e. The van der Waals surface area contributed by atoms with E-state index in [0.29, 0.717) is 5.69 Å². The van der Waals surface area contributed by atoms with Crippen molar-refractivity contribution in [2.75, 3.05) is 31.5 Å². The van der Waals surface area contributed by atoms with E-state index in [2.05, 4.69) is 10.2 Å². The summed E-state index contributed by atoms with van der Waals surface area (Å²) in [5.74, 6) is 0. The Labute approximate surface area is 121 Å². The van der Waals surface area contributed by atoms with Crippen LogP contribution in [0.5, 0.6) is 0 Å². The van der Waals surface area contributed by atoms with Crippen molar-refractivity contribution >= 4 is 15.7 Å². The van der Waals surface area contributed by atoms with Crippen LogP contribution >= 0.6 is 0 Å². The summed E-state index contributed by atoms with van der Waals surface area (Å²) >= 11 is 0. The molecule has 1 aromatic carbocycles. The van der Waals surface area contributed by atoms with E-state index in [1.807, 2.05) is 6.07 Å². The quantitative estimate of drug-likeness (QED) is 0.866. The molecule has 0 spiro atoms. The summed E-state index contributed by atoms with van der Waals surface area (Å²) < 4.78 is 23.0. The monoisotopic (exact) mass is 297 g/mol. The van der Waals surface area contributed by atoms with E-state index in [-0.39, 0.29) is 4.90 Å². The minimum atomic E-state index is -3.67. The fourth-order valence-electron chi connectivity index (χ4n) is 2.57. The number of sulfonamides is 1. The molecule has 1 fully saturated rings. The summed E-state index contributed by atoms with van der Waals surface area (Å²) in [4.78, 5) is 2.59. The van der Waals surface area contributed by atoms with Crippen LogP contribution in [-0.4, -0.2) is 39.5 Å². The molecule has 0 aliphatic carbocycles. The molecule has 0 radical (unpaired) electrons. The van der Waals surface area contributed by atoms with Crippen LogP contribution in [0.15, 0.2) is 29.2 Å². The fourth-order valence-corrected chi connectivity index (χ4v) is 3.28. The van der Waals surface area contributed by atoms with E-state index in [9.17, 15) is 8.42 Å². The second kappa shape index (κ2) is 7.06. The average molecular weight is 297 g/mol. The van der Waals surface area contributed by atoms with Crippen LogP contribution in [0, 0.1) is 0 Å². The van der Waals surface area contributed by atoms with Crippen LogP contribution in [0.1, 0.15) is 25.7 Å². The summed E-state index contributed by atoms with van der Waals surface area (Å²) in [6.07, 6.45) is 5.15. The van der Waals surface area contributed by atoms with Crippen LogP contribution in [0.4, 0.5) is 5.69 Å². The first-order valence-corrected chi connectivity index (χ1v) is 8.70. The number of anilines is 1. The van der Waals surface area contributed by atoms with Gasteiger partial charge in [-0.15, -0.1) is 0 Å². The van der Waals surface area contributed by atoms with E-state index in [0.717, 1.165) is 26.2 Å². The molecule has 112 valence electrons. The molecular formula is C14H23N3O2S. The molecule has 1 aliphatic heterocycles. The molecule has 0 saturated carbocycles. The molecule has 0 atom stereocenters. The number of para-hydroxylation sites is 1. The first kappa shape index (κ1) is 15.3. The number of nitrogens with two attached hydrogens (primary N) is 1. The molecule has 0 bridgehead atoms. The summed E-state index contributed by atoms with van der Waals surface area (Å²) in [5.41, 5.74) is 0.588. The second-order valence-corrected chi connectivity index (χ2v) is 6.75. The number of hydrogen-bond donors (Lipinski definition) is 2. The molecule has 1 aliphatic rings. The molecule has 20 heavy (non-hydrogen) atoms. The maximum absolute atomic E-state index is 11.5. The zero-order valence-electron chi connectivity index (χ0n) is 11.7. The van der Waals surface area contributed by atoms with Gasteiger partial charge in [0.2, 0.25) is 10.0 Å². The van der Waals surface area contributed by atoms with Crippen molar-refractivity contribution in [2.24, 2.45) is 5.14 Å². The summed E-state index contributed by atoms with van der Waals surface area (Å²) in [6.45, 7) is 3.93. The number of likely N-dealkylation sites (tertiary alicyclic amines) is 1. The third kappa shape index (κ3) is 4.47. The number of benzene rings is 1. The number of nitrogens with zero attached hydrogens (tertiary/aromatic N) is 1. The summed E-state index contributed by atoms with van der Waals surface area (Å²) in [6, 6.07) is 6.77. The van der Waals surface area contributed by atoms with Crippen LogP contribution in [0.25, 0.3) is 0 Å². The molecule has 1 heterocycles. The zero-order chi connectivity index (χ0) is 14.4. The molecule has 0 aromatic heterocycles. The first-order valence-electron chi connectivity index (χ1n) is 7.15. The van der Waals surface area contributed by atoms with E-state index in [1.165, 1.54) is 31.7 Å². The Kier molecular flexibility index (Phi) is 5.39. The number of hydrogen-bond acceptors (Lipinski definition) is 4. The normalized spacial score (nSPS) is 17.6. The maximum atomic E-state index is 11.5. The van der Waals surface area contributed by atoms with Gasteiger partial charge in [-0.1, -0.05) is 25.0 Å². The van der Waals surface area contributed by atoms with Crippen molar-refractivity contribution in [3.8, 4) is 0 Å². The highest BCUT2D eigenvalue weighted by molar-refractivity contribution is 7.89. The number of rotatable bonds is 5. The van der Waals surface area contributed by atoms with Gasteiger partial charge in [0.1, 0.15) is 4.90 Å². The lowest BCUT2D eigenvalue weighted by molar-refractivity contribution is 0.296. The average Bonchev–Trinajstić information content (AvgIpc) is 2.67. The number of primary sulfonamides is 1. The lowest BCUT2D eigenvalue weighted by Gasteiger charge is -2.20. The lowest BCUT2D eigenvalue weighted by Crippen LogP contribution is -2.30. The topological polar surface area (TPSA) is 75.4 Å². The SMILES string of the molecule is NS(=O)(=O)c1ccccc1NCCN1CCCCCC1. The van der Waals surface area contributed by atoms with Crippen molar-refractivity contribution in [1.29, 1.82) is 0 Å². The van der Waals surface area contributed by atoms with Gasteiger partial charge in [-0.05, 0) is 38.1 Å². The Morgan fingerprint density at radius 1 is 1.10 bits per heavy atom. The van der Waals surface area contributed by atoms with Crippen molar-refractivity contribution in [3.05, 3.63) is 24.3 Å². The third-order valence-electron chi connectivity index (χ3n) is 3.64. The van der Waals surface area contributed by atoms with Crippen LogP contribution in [0.3, 0.4) is 0 Å². The highest BCUT2D eigenvalue weighted by atomic mass is 32.2. The predicted molar refractivity (Wildman–Crippen MR) is 81.2 cm³/mol. The van der Waals surface area contributed by atoms with Crippen molar-refractivity contribution in [2.45, 2.75) is 30.6 Å². The minimum Gasteiger partial charge on any atom is -0.383 e. The minimum absolute atomic E-state index is 0.163. The Morgan fingerprint density at radius 2 is 1.75 bits per heavy atom. The van der Waals surface area contributed by atoms with Gasteiger partial charge < -0.3 is 10.2 Å². The maximum Gasteiger partial charge on any atom is 0.240 e. The molecule has 1 saturated heterocycles.